The third kappa shape index (κ3) is 2.84. The van der Waals surface area contributed by atoms with Crippen molar-refractivity contribution in [3.8, 4) is 11.3 Å². The van der Waals surface area contributed by atoms with Crippen LogP contribution < -0.4 is 5.73 Å². The summed E-state index contributed by atoms with van der Waals surface area (Å²) in [5.41, 5.74) is 8.88. The lowest BCUT2D eigenvalue weighted by Gasteiger charge is -2.15. The first-order valence-electron chi connectivity index (χ1n) is 6.61. The van der Waals surface area contributed by atoms with Crippen LogP contribution in [0.1, 0.15) is 37.8 Å². The average molecular weight is 261 g/mol. The van der Waals surface area contributed by atoms with E-state index in [0.717, 1.165) is 29.2 Å². The molecule has 19 heavy (non-hydrogen) atoms. The quantitative estimate of drug-likeness (QED) is 0.884. The van der Waals surface area contributed by atoms with Crippen LogP contribution in [0, 0.1) is 18.7 Å². The second kappa shape index (κ2) is 5.53. The van der Waals surface area contributed by atoms with E-state index in [2.05, 4.69) is 23.8 Å². The third-order valence-corrected chi connectivity index (χ3v) is 3.59. The van der Waals surface area contributed by atoms with Crippen LogP contribution in [0.4, 0.5) is 4.39 Å². The van der Waals surface area contributed by atoms with Crippen molar-refractivity contribution < 1.29 is 4.39 Å². The number of nitrogens with one attached hydrogen (secondary N) is 1. The number of aromatic nitrogens is 2. The van der Waals surface area contributed by atoms with E-state index in [1.807, 2.05) is 6.92 Å². The molecule has 0 aliphatic carbocycles. The molecule has 0 amide bonds. The largest absolute Gasteiger partial charge is 0.344 e. The molecule has 1 aromatic heterocycles. The maximum atomic E-state index is 12.9. The normalized spacial score (nSPS) is 14.4. The zero-order chi connectivity index (χ0) is 14.0. The summed E-state index contributed by atoms with van der Waals surface area (Å²) in [4.78, 5) is 7.82. The molecule has 0 saturated heterocycles. The molecule has 102 valence electrons. The molecule has 2 rings (SSSR count). The minimum Gasteiger partial charge on any atom is -0.344 e. The lowest BCUT2D eigenvalue weighted by atomic mass is 10.00. The molecular weight excluding hydrogens is 241 g/mol. The van der Waals surface area contributed by atoms with Crippen molar-refractivity contribution in [2.45, 2.75) is 33.2 Å². The van der Waals surface area contributed by atoms with Crippen molar-refractivity contribution >= 4 is 0 Å². The second-order valence-corrected chi connectivity index (χ2v) is 5.01. The van der Waals surface area contributed by atoms with Gasteiger partial charge in [-0.15, -0.1) is 0 Å². The maximum Gasteiger partial charge on any atom is 0.124 e. The monoisotopic (exact) mass is 261 g/mol. The highest BCUT2D eigenvalue weighted by atomic mass is 19.1. The minimum atomic E-state index is -0.242. The fourth-order valence-corrected chi connectivity index (χ4v) is 2.05. The van der Waals surface area contributed by atoms with Gasteiger partial charge in [0.15, 0.2) is 0 Å². The van der Waals surface area contributed by atoms with Gasteiger partial charge in [0.1, 0.15) is 11.6 Å². The molecular formula is C15H20FN3. The van der Waals surface area contributed by atoms with Gasteiger partial charge in [0.2, 0.25) is 0 Å². The van der Waals surface area contributed by atoms with Gasteiger partial charge < -0.3 is 10.7 Å². The smallest absolute Gasteiger partial charge is 0.124 e. The Morgan fingerprint density at radius 1 is 1.32 bits per heavy atom. The molecule has 0 aliphatic heterocycles. The summed E-state index contributed by atoms with van der Waals surface area (Å²) in [5.74, 6) is 0.922. The van der Waals surface area contributed by atoms with E-state index in [1.165, 1.54) is 12.1 Å². The lowest BCUT2D eigenvalue weighted by molar-refractivity contribution is 0.441. The van der Waals surface area contributed by atoms with Crippen LogP contribution in [0.5, 0.6) is 0 Å². The van der Waals surface area contributed by atoms with Gasteiger partial charge in [-0.25, -0.2) is 9.37 Å². The Bertz CT molecular complexity index is 545. The summed E-state index contributed by atoms with van der Waals surface area (Å²) in [6.45, 7) is 6.18. The van der Waals surface area contributed by atoms with Crippen LogP contribution in [-0.2, 0) is 0 Å². The fraction of sp³-hybridized carbons (Fsp3) is 0.400. The van der Waals surface area contributed by atoms with Gasteiger partial charge in [0.25, 0.3) is 0 Å². The second-order valence-electron chi connectivity index (χ2n) is 5.01. The van der Waals surface area contributed by atoms with Gasteiger partial charge in [0.05, 0.1) is 11.7 Å². The molecule has 1 heterocycles. The van der Waals surface area contributed by atoms with Crippen molar-refractivity contribution in [1.29, 1.82) is 0 Å². The van der Waals surface area contributed by atoms with Crippen LogP contribution in [0.2, 0.25) is 0 Å². The Labute approximate surface area is 113 Å². The van der Waals surface area contributed by atoms with Gasteiger partial charge in [-0.1, -0.05) is 20.3 Å². The highest BCUT2D eigenvalue weighted by Crippen LogP contribution is 2.26. The Balaban J connectivity index is 2.33. The molecule has 0 bridgehead atoms. The van der Waals surface area contributed by atoms with E-state index < -0.39 is 0 Å². The minimum absolute atomic E-state index is 0.0992. The molecule has 2 aromatic rings. The number of benzene rings is 1. The molecule has 0 fully saturated rings. The van der Waals surface area contributed by atoms with Gasteiger partial charge in [-0.2, -0.15) is 0 Å². The Morgan fingerprint density at radius 3 is 2.53 bits per heavy atom. The van der Waals surface area contributed by atoms with E-state index in [9.17, 15) is 4.39 Å². The van der Waals surface area contributed by atoms with Crippen molar-refractivity contribution in [3.05, 3.63) is 41.6 Å². The van der Waals surface area contributed by atoms with Crippen molar-refractivity contribution in [1.82, 2.24) is 9.97 Å². The van der Waals surface area contributed by atoms with Gasteiger partial charge in [-0.3, -0.25) is 0 Å². The summed E-state index contributed by atoms with van der Waals surface area (Å²) in [7, 11) is 0. The standard InChI is InChI=1S/C15H20FN3/c1-4-9(2)13(17)15-18-10(3)14(19-15)11-5-7-12(16)8-6-11/h5-9,13H,4,17H2,1-3H3,(H,18,19). The molecule has 1 aromatic carbocycles. The number of aryl methyl sites for hydroxylation is 1. The summed E-state index contributed by atoms with van der Waals surface area (Å²) >= 11 is 0. The molecule has 2 unspecified atom stereocenters. The van der Waals surface area contributed by atoms with Crippen LogP contribution in [0.3, 0.4) is 0 Å². The van der Waals surface area contributed by atoms with Crippen LogP contribution in [0.15, 0.2) is 24.3 Å². The van der Waals surface area contributed by atoms with Crippen molar-refractivity contribution in [2.24, 2.45) is 11.7 Å². The average Bonchev–Trinajstić information content (AvgIpc) is 2.80. The molecule has 0 radical (unpaired) electrons. The zero-order valence-electron chi connectivity index (χ0n) is 11.6. The molecule has 3 nitrogen and oxygen atoms in total. The lowest BCUT2D eigenvalue weighted by Crippen LogP contribution is -2.19. The molecule has 0 saturated carbocycles. The maximum absolute atomic E-state index is 12.9. The van der Waals surface area contributed by atoms with Gasteiger partial charge in [0, 0.05) is 11.3 Å². The van der Waals surface area contributed by atoms with Crippen LogP contribution in [-0.4, -0.2) is 9.97 Å². The van der Waals surface area contributed by atoms with Gasteiger partial charge in [-0.05, 0) is 37.1 Å². The molecule has 0 spiro atoms. The van der Waals surface area contributed by atoms with Crippen LogP contribution in [0.25, 0.3) is 11.3 Å². The van der Waals surface area contributed by atoms with E-state index in [1.54, 1.807) is 12.1 Å². The van der Waals surface area contributed by atoms with Crippen molar-refractivity contribution in [2.75, 3.05) is 0 Å². The van der Waals surface area contributed by atoms with E-state index in [0.29, 0.717) is 5.92 Å². The molecule has 2 atom stereocenters. The molecule has 4 heteroatoms. The first kappa shape index (κ1) is 13.7. The number of nitrogens with two attached hydrogens (primary N) is 1. The van der Waals surface area contributed by atoms with Crippen molar-refractivity contribution in [3.63, 3.8) is 0 Å². The summed E-state index contributed by atoms with van der Waals surface area (Å²) < 4.78 is 12.9. The predicted octanol–water partition coefficient (Wildman–Crippen LogP) is 3.57. The first-order valence-corrected chi connectivity index (χ1v) is 6.61. The number of hydrogen-bond donors (Lipinski definition) is 2. The number of rotatable bonds is 4. The number of nitrogens with zero attached hydrogens (tertiary/aromatic N) is 1. The Kier molecular flexibility index (Phi) is 4.00. The number of imidazole rings is 1. The first-order chi connectivity index (χ1) is 9.02. The summed E-state index contributed by atoms with van der Waals surface area (Å²) in [5, 5.41) is 0. The molecule has 3 N–H and O–H groups in total. The van der Waals surface area contributed by atoms with E-state index >= 15 is 0 Å². The highest BCUT2D eigenvalue weighted by Gasteiger charge is 2.18. The third-order valence-electron chi connectivity index (χ3n) is 3.59. The van der Waals surface area contributed by atoms with E-state index in [-0.39, 0.29) is 11.9 Å². The predicted molar refractivity (Wildman–Crippen MR) is 75.1 cm³/mol. The fourth-order valence-electron chi connectivity index (χ4n) is 2.05. The topological polar surface area (TPSA) is 54.7 Å². The SMILES string of the molecule is CCC(C)C(N)c1nc(-c2ccc(F)cc2)c(C)[nH]1. The molecule has 0 aliphatic rings. The zero-order valence-corrected chi connectivity index (χ0v) is 11.6. The number of halogens is 1. The summed E-state index contributed by atoms with van der Waals surface area (Å²) in [6.07, 6.45) is 1.01. The Hall–Kier alpha value is -1.68. The van der Waals surface area contributed by atoms with Gasteiger partial charge >= 0.3 is 0 Å². The number of H-pyrrole nitrogens is 1. The number of hydrogen-bond acceptors (Lipinski definition) is 2. The highest BCUT2D eigenvalue weighted by molar-refractivity contribution is 5.61. The Morgan fingerprint density at radius 2 is 1.95 bits per heavy atom. The summed E-state index contributed by atoms with van der Waals surface area (Å²) in [6, 6.07) is 6.25. The van der Waals surface area contributed by atoms with Crippen LogP contribution >= 0.6 is 0 Å². The number of aromatic amines is 1. The van der Waals surface area contributed by atoms with E-state index in [4.69, 9.17) is 5.73 Å².